The predicted molar refractivity (Wildman–Crippen MR) is 88.2 cm³/mol. The van der Waals surface area contributed by atoms with E-state index in [1.807, 2.05) is 12.1 Å². The number of benzene rings is 2. The van der Waals surface area contributed by atoms with Crippen molar-refractivity contribution in [1.29, 1.82) is 0 Å². The third kappa shape index (κ3) is 3.04. The quantitative estimate of drug-likeness (QED) is 0.825. The highest BCUT2D eigenvalue weighted by Gasteiger charge is 2.29. The van der Waals surface area contributed by atoms with Crippen molar-refractivity contribution in [3.8, 4) is 0 Å². The molecule has 0 amide bonds. The standard InChI is InChI=1S/C18H19BrFN/c1-12-10-13(6-7-17(12)19)14-8-9-21-11-16(14)15-4-2-3-5-18(15)20/h2-7,10,14,16,21H,8-9,11H2,1H3. The summed E-state index contributed by atoms with van der Waals surface area (Å²) in [5, 5.41) is 3.41. The van der Waals surface area contributed by atoms with Gasteiger partial charge in [-0.1, -0.05) is 46.3 Å². The molecule has 1 aliphatic heterocycles. The number of aryl methyl sites for hydroxylation is 1. The first-order valence-corrected chi connectivity index (χ1v) is 8.17. The first-order valence-electron chi connectivity index (χ1n) is 7.38. The van der Waals surface area contributed by atoms with Gasteiger partial charge < -0.3 is 5.32 Å². The van der Waals surface area contributed by atoms with E-state index in [9.17, 15) is 4.39 Å². The summed E-state index contributed by atoms with van der Waals surface area (Å²) >= 11 is 3.55. The van der Waals surface area contributed by atoms with Crippen LogP contribution in [-0.2, 0) is 0 Å². The van der Waals surface area contributed by atoms with Gasteiger partial charge in [0, 0.05) is 16.9 Å². The largest absolute Gasteiger partial charge is 0.316 e. The normalized spacial score (nSPS) is 22.2. The zero-order valence-corrected chi connectivity index (χ0v) is 13.7. The number of rotatable bonds is 2. The van der Waals surface area contributed by atoms with Gasteiger partial charge >= 0.3 is 0 Å². The van der Waals surface area contributed by atoms with Crippen LogP contribution in [0.25, 0.3) is 0 Å². The van der Waals surface area contributed by atoms with Crippen LogP contribution in [0.2, 0.25) is 0 Å². The molecule has 110 valence electrons. The Morgan fingerprint density at radius 2 is 1.95 bits per heavy atom. The van der Waals surface area contributed by atoms with Crippen molar-refractivity contribution in [1.82, 2.24) is 5.32 Å². The van der Waals surface area contributed by atoms with E-state index in [2.05, 4.69) is 46.4 Å². The lowest BCUT2D eigenvalue weighted by atomic mass is 9.77. The minimum Gasteiger partial charge on any atom is -0.316 e. The van der Waals surface area contributed by atoms with Crippen LogP contribution in [0.4, 0.5) is 4.39 Å². The molecule has 1 nitrogen and oxygen atoms in total. The van der Waals surface area contributed by atoms with E-state index in [0.717, 1.165) is 29.5 Å². The summed E-state index contributed by atoms with van der Waals surface area (Å²) < 4.78 is 15.3. The van der Waals surface area contributed by atoms with Crippen LogP contribution in [0.3, 0.4) is 0 Å². The highest BCUT2D eigenvalue weighted by atomic mass is 79.9. The molecule has 1 N–H and O–H groups in total. The maximum atomic E-state index is 14.2. The Balaban J connectivity index is 1.98. The fraction of sp³-hybridized carbons (Fsp3) is 0.333. The molecule has 1 aliphatic rings. The molecule has 1 saturated heterocycles. The molecule has 0 aromatic heterocycles. The third-order valence-electron chi connectivity index (χ3n) is 4.40. The first-order chi connectivity index (χ1) is 10.2. The summed E-state index contributed by atoms with van der Waals surface area (Å²) in [5.41, 5.74) is 3.37. The number of nitrogens with one attached hydrogen (secondary N) is 1. The Kier molecular flexibility index (Phi) is 4.41. The third-order valence-corrected chi connectivity index (χ3v) is 5.29. The lowest BCUT2D eigenvalue weighted by Gasteiger charge is -2.33. The maximum absolute atomic E-state index is 14.2. The van der Waals surface area contributed by atoms with Crippen LogP contribution in [0.15, 0.2) is 46.9 Å². The van der Waals surface area contributed by atoms with E-state index in [1.54, 1.807) is 12.1 Å². The van der Waals surface area contributed by atoms with Crippen LogP contribution in [-0.4, -0.2) is 13.1 Å². The molecule has 0 spiro atoms. The summed E-state index contributed by atoms with van der Waals surface area (Å²) in [4.78, 5) is 0. The van der Waals surface area contributed by atoms with Gasteiger partial charge in [0.2, 0.25) is 0 Å². The van der Waals surface area contributed by atoms with Crippen LogP contribution >= 0.6 is 15.9 Å². The van der Waals surface area contributed by atoms with Crippen LogP contribution in [0.1, 0.15) is 34.9 Å². The average Bonchev–Trinajstić information content (AvgIpc) is 2.51. The van der Waals surface area contributed by atoms with Crippen LogP contribution < -0.4 is 5.32 Å². The molecule has 2 aromatic rings. The van der Waals surface area contributed by atoms with Gasteiger partial charge in [0.15, 0.2) is 0 Å². The summed E-state index contributed by atoms with van der Waals surface area (Å²) in [6.07, 6.45) is 1.04. The summed E-state index contributed by atoms with van der Waals surface area (Å²) in [6.45, 7) is 3.93. The van der Waals surface area contributed by atoms with Crippen LogP contribution in [0.5, 0.6) is 0 Å². The molecule has 2 atom stereocenters. The molecule has 2 aromatic carbocycles. The van der Waals surface area contributed by atoms with Crippen LogP contribution in [0, 0.1) is 12.7 Å². The highest BCUT2D eigenvalue weighted by molar-refractivity contribution is 9.10. The van der Waals surface area contributed by atoms with Gasteiger partial charge in [0.05, 0.1) is 0 Å². The van der Waals surface area contributed by atoms with E-state index in [-0.39, 0.29) is 11.7 Å². The first kappa shape index (κ1) is 14.7. The van der Waals surface area contributed by atoms with Gasteiger partial charge in [-0.2, -0.15) is 0 Å². The van der Waals surface area contributed by atoms with Crippen molar-refractivity contribution in [2.24, 2.45) is 0 Å². The molecule has 1 heterocycles. The summed E-state index contributed by atoms with van der Waals surface area (Å²) in [5.74, 6) is 0.473. The topological polar surface area (TPSA) is 12.0 Å². The zero-order chi connectivity index (χ0) is 14.8. The molecule has 3 rings (SSSR count). The Labute approximate surface area is 133 Å². The number of halogens is 2. The minimum atomic E-state index is -0.0926. The Morgan fingerprint density at radius 1 is 1.14 bits per heavy atom. The number of hydrogen-bond donors (Lipinski definition) is 1. The van der Waals surface area contributed by atoms with E-state index in [0.29, 0.717) is 5.92 Å². The lowest BCUT2D eigenvalue weighted by molar-refractivity contribution is 0.393. The smallest absolute Gasteiger partial charge is 0.126 e. The van der Waals surface area contributed by atoms with Gasteiger partial charge in [0.1, 0.15) is 5.82 Å². The molecule has 0 radical (unpaired) electrons. The second-order valence-corrected chi connectivity index (χ2v) is 6.59. The molecule has 2 unspecified atom stereocenters. The molecule has 3 heteroatoms. The minimum absolute atomic E-state index is 0.0926. The van der Waals surface area contributed by atoms with E-state index < -0.39 is 0 Å². The number of hydrogen-bond acceptors (Lipinski definition) is 1. The zero-order valence-electron chi connectivity index (χ0n) is 12.1. The Bertz CT molecular complexity index is 641. The molecule has 0 aliphatic carbocycles. The van der Waals surface area contributed by atoms with Gasteiger partial charge in [-0.3, -0.25) is 0 Å². The van der Waals surface area contributed by atoms with E-state index >= 15 is 0 Å². The van der Waals surface area contributed by atoms with Gasteiger partial charge in [-0.25, -0.2) is 4.39 Å². The molecular weight excluding hydrogens is 329 g/mol. The second-order valence-electron chi connectivity index (χ2n) is 5.74. The van der Waals surface area contributed by atoms with Crippen molar-refractivity contribution in [3.05, 3.63) is 69.4 Å². The molecule has 0 saturated carbocycles. The molecule has 0 bridgehead atoms. The molecule has 1 fully saturated rings. The van der Waals surface area contributed by atoms with Crippen molar-refractivity contribution in [2.75, 3.05) is 13.1 Å². The van der Waals surface area contributed by atoms with E-state index in [1.165, 1.54) is 11.1 Å². The summed E-state index contributed by atoms with van der Waals surface area (Å²) in [6, 6.07) is 13.7. The van der Waals surface area contributed by atoms with Gasteiger partial charge in [-0.15, -0.1) is 0 Å². The molecule has 21 heavy (non-hydrogen) atoms. The number of piperidine rings is 1. The Hall–Kier alpha value is -1.19. The average molecular weight is 348 g/mol. The SMILES string of the molecule is Cc1cc(C2CCNCC2c2ccccc2F)ccc1Br. The van der Waals surface area contributed by atoms with Crippen molar-refractivity contribution >= 4 is 15.9 Å². The fourth-order valence-electron chi connectivity index (χ4n) is 3.26. The fourth-order valence-corrected chi connectivity index (χ4v) is 3.51. The van der Waals surface area contributed by atoms with Crippen molar-refractivity contribution < 1.29 is 4.39 Å². The van der Waals surface area contributed by atoms with Crippen molar-refractivity contribution in [2.45, 2.75) is 25.2 Å². The maximum Gasteiger partial charge on any atom is 0.126 e. The summed E-state index contributed by atoms with van der Waals surface area (Å²) in [7, 11) is 0. The molecular formula is C18H19BrFN. The van der Waals surface area contributed by atoms with Gasteiger partial charge in [0.25, 0.3) is 0 Å². The van der Waals surface area contributed by atoms with Gasteiger partial charge in [-0.05, 0) is 54.6 Å². The lowest BCUT2D eigenvalue weighted by Crippen LogP contribution is -2.34. The Morgan fingerprint density at radius 3 is 2.71 bits per heavy atom. The van der Waals surface area contributed by atoms with E-state index in [4.69, 9.17) is 0 Å². The highest BCUT2D eigenvalue weighted by Crippen LogP contribution is 2.39. The second kappa shape index (κ2) is 6.29. The predicted octanol–water partition coefficient (Wildman–Crippen LogP) is 4.76. The van der Waals surface area contributed by atoms with Crippen molar-refractivity contribution in [3.63, 3.8) is 0 Å². The monoisotopic (exact) mass is 347 g/mol.